The summed E-state index contributed by atoms with van der Waals surface area (Å²) in [6, 6.07) is -4.44. The Morgan fingerprint density at radius 1 is 0.906 bits per heavy atom. The highest BCUT2D eigenvalue weighted by Gasteiger charge is 2.33. The van der Waals surface area contributed by atoms with Crippen LogP contribution in [0.15, 0.2) is 0 Å². The number of carboxylic acids is 2. The fourth-order valence-corrected chi connectivity index (χ4v) is 2.97. The maximum atomic E-state index is 12.9. The number of hydrogen-bond donors (Lipinski definition) is 7. The Kier molecular flexibility index (Phi) is 13.6. The van der Waals surface area contributed by atoms with E-state index in [1.165, 1.54) is 0 Å². The van der Waals surface area contributed by atoms with Gasteiger partial charge in [-0.1, -0.05) is 34.1 Å². The third-order valence-corrected chi connectivity index (χ3v) is 5.32. The van der Waals surface area contributed by atoms with Crippen LogP contribution in [0.4, 0.5) is 0 Å². The smallest absolute Gasteiger partial charge is 0.326 e. The number of thiol groups is 1. The number of carbonyl (C=O) groups excluding carboxylic acids is 3. The Hall–Kier alpha value is -2.34. The lowest BCUT2D eigenvalue weighted by atomic mass is 9.96. The Morgan fingerprint density at radius 3 is 1.91 bits per heavy atom. The molecule has 0 saturated carbocycles. The molecule has 12 heteroatoms. The van der Waals surface area contributed by atoms with Crippen molar-refractivity contribution in [2.45, 2.75) is 77.5 Å². The zero-order valence-electron chi connectivity index (χ0n) is 19.0. The van der Waals surface area contributed by atoms with Gasteiger partial charge in [0.1, 0.15) is 18.1 Å². The van der Waals surface area contributed by atoms with E-state index in [1.807, 2.05) is 13.8 Å². The van der Waals surface area contributed by atoms with Crippen molar-refractivity contribution < 1.29 is 34.2 Å². The van der Waals surface area contributed by atoms with Crippen molar-refractivity contribution in [3.8, 4) is 0 Å². The highest BCUT2D eigenvalue weighted by atomic mass is 32.1. The molecule has 0 saturated heterocycles. The second-order valence-electron chi connectivity index (χ2n) is 8.18. The molecule has 5 unspecified atom stereocenters. The number of nitrogens with one attached hydrogen (secondary N) is 3. The van der Waals surface area contributed by atoms with Crippen LogP contribution in [0.5, 0.6) is 0 Å². The summed E-state index contributed by atoms with van der Waals surface area (Å²) in [7, 11) is 0. The van der Waals surface area contributed by atoms with Crippen molar-refractivity contribution in [1.82, 2.24) is 16.0 Å². The summed E-state index contributed by atoms with van der Waals surface area (Å²) in [5, 5.41) is 25.7. The first-order chi connectivity index (χ1) is 14.8. The van der Waals surface area contributed by atoms with Gasteiger partial charge in [-0.05, 0) is 24.7 Å². The number of aliphatic carboxylic acids is 2. The maximum Gasteiger partial charge on any atom is 0.326 e. The van der Waals surface area contributed by atoms with E-state index in [4.69, 9.17) is 10.8 Å². The first kappa shape index (κ1) is 29.7. The molecule has 0 aromatic heterocycles. The van der Waals surface area contributed by atoms with Crippen molar-refractivity contribution in [1.29, 1.82) is 0 Å². The molecule has 0 aliphatic heterocycles. The third-order valence-electron chi connectivity index (χ3n) is 4.93. The molecular weight excluding hydrogens is 440 g/mol. The molecule has 184 valence electrons. The second-order valence-corrected chi connectivity index (χ2v) is 8.55. The molecule has 32 heavy (non-hydrogen) atoms. The van der Waals surface area contributed by atoms with Gasteiger partial charge in [0, 0.05) is 12.2 Å². The van der Waals surface area contributed by atoms with E-state index < -0.39 is 60.2 Å². The lowest BCUT2D eigenvalue weighted by Gasteiger charge is -2.28. The molecule has 0 aromatic carbocycles. The summed E-state index contributed by atoms with van der Waals surface area (Å²) in [4.78, 5) is 60.3. The van der Waals surface area contributed by atoms with Crippen LogP contribution in [0, 0.1) is 11.8 Å². The molecule has 0 fully saturated rings. The van der Waals surface area contributed by atoms with Crippen molar-refractivity contribution in [3.05, 3.63) is 0 Å². The monoisotopic (exact) mass is 476 g/mol. The number of carboxylic acid groups (broad SMARTS) is 2. The molecule has 5 atom stereocenters. The summed E-state index contributed by atoms with van der Waals surface area (Å²) in [5.41, 5.74) is 5.61. The van der Waals surface area contributed by atoms with Gasteiger partial charge < -0.3 is 31.9 Å². The lowest BCUT2D eigenvalue weighted by Crippen LogP contribution is -2.59. The van der Waals surface area contributed by atoms with Crippen LogP contribution in [0.1, 0.15) is 53.4 Å². The van der Waals surface area contributed by atoms with Gasteiger partial charge in [0.25, 0.3) is 0 Å². The molecule has 7 N–H and O–H groups in total. The van der Waals surface area contributed by atoms with E-state index in [0.717, 1.165) is 0 Å². The average Bonchev–Trinajstić information content (AvgIpc) is 2.71. The first-order valence-electron chi connectivity index (χ1n) is 10.6. The molecule has 0 aliphatic carbocycles. The highest BCUT2D eigenvalue weighted by molar-refractivity contribution is 7.80. The zero-order chi connectivity index (χ0) is 25.0. The van der Waals surface area contributed by atoms with Crippen molar-refractivity contribution in [2.75, 3.05) is 5.75 Å². The number of carbonyl (C=O) groups is 5. The van der Waals surface area contributed by atoms with E-state index in [2.05, 4.69) is 28.6 Å². The first-order valence-corrected chi connectivity index (χ1v) is 11.2. The molecule has 0 radical (unpaired) electrons. The van der Waals surface area contributed by atoms with Gasteiger partial charge in [-0.15, -0.1) is 0 Å². The zero-order valence-corrected chi connectivity index (χ0v) is 19.9. The molecular formula is C20H36N4O7S. The second kappa shape index (κ2) is 14.7. The quantitative estimate of drug-likeness (QED) is 0.157. The van der Waals surface area contributed by atoms with Crippen LogP contribution in [-0.2, 0) is 24.0 Å². The Balaban J connectivity index is 5.57. The minimum atomic E-state index is -1.24. The molecule has 0 aliphatic rings. The largest absolute Gasteiger partial charge is 0.481 e. The van der Waals surface area contributed by atoms with Crippen LogP contribution < -0.4 is 21.7 Å². The predicted octanol–water partition coefficient (Wildman–Crippen LogP) is -0.260. The van der Waals surface area contributed by atoms with E-state index in [9.17, 15) is 29.1 Å². The topological polar surface area (TPSA) is 188 Å². The van der Waals surface area contributed by atoms with Crippen LogP contribution >= 0.6 is 12.6 Å². The molecule has 0 spiro atoms. The van der Waals surface area contributed by atoms with Crippen molar-refractivity contribution in [2.24, 2.45) is 17.6 Å². The van der Waals surface area contributed by atoms with Crippen LogP contribution in [0.3, 0.4) is 0 Å². The fraction of sp³-hybridized carbons (Fsp3) is 0.750. The molecule has 0 rings (SSSR count). The van der Waals surface area contributed by atoms with Crippen LogP contribution in [0.2, 0.25) is 0 Å². The lowest BCUT2D eigenvalue weighted by molar-refractivity contribution is -0.143. The van der Waals surface area contributed by atoms with E-state index >= 15 is 0 Å². The summed E-state index contributed by atoms with van der Waals surface area (Å²) in [6.07, 6.45) is 0.0917. The third kappa shape index (κ3) is 10.8. The number of nitrogens with two attached hydrogens (primary N) is 1. The van der Waals surface area contributed by atoms with Crippen molar-refractivity contribution in [3.63, 3.8) is 0 Å². The summed E-state index contributed by atoms with van der Waals surface area (Å²) in [5.74, 6) is -4.79. The number of rotatable bonds is 15. The van der Waals surface area contributed by atoms with E-state index in [-0.39, 0.29) is 30.4 Å². The van der Waals surface area contributed by atoms with Gasteiger partial charge in [-0.2, -0.15) is 12.6 Å². The van der Waals surface area contributed by atoms with Gasteiger partial charge in [-0.3, -0.25) is 19.2 Å². The van der Waals surface area contributed by atoms with Crippen molar-refractivity contribution >= 4 is 42.3 Å². The SMILES string of the molecule is CCC(C)C(NC(=O)C(CCC(=O)O)NC(=O)C(N)CS)C(=O)NC(CC(C)C)C(=O)O. The standard InChI is InChI=1S/C20H36N4O7S/c1-5-11(4)16(19(29)23-14(20(30)31)8-10(2)3)24-18(28)13(6-7-15(25)26)22-17(27)12(21)9-32/h10-14,16,32H,5-9,21H2,1-4H3,(H,22,27)(H,23,29)(H,24,28)(H,25,26)(H,30,31). The van der Waals surface area contributed by atoms with Gasteiger partial charge in [0.05, 0.1) is 6.04 Å². The molecule has 0 aromatic rings. The highest BCUT2D eigenvalue weighted by Crippen LogP contribution is 2.12. The average molecular weight is 477 g/mol. The summed E-state index contributed by atoms with van der Waals surface area (Å²) >= 11 is 3.93. The van der Waals surface area contributed by atoms with E-state index in [0.29, 0.717) is 6.42 Å². The normalized spacial score (nSPS) is 15.7. The minimum Gasteiger partial charge on any atom is -0.481 e. The number of hydrogen-bond acceptors (Lipinski definition) is 7. The molecule has 0 bridgehead atoms. The van der Waals surface area contributed by atoms with Crippen LogP contribution in [0.25, 0.3) is 0 Å². The fourth-order valence-electron chi connectivity index (χ4n) is 2.81. The van der Waals surface area contributed by atoms with Crippen LogP contribution in [-0.4, -0.2) is 69.8 Å². The van der Waals surface area contributed by atoms with Gasteiger partial charge in [-0.25, -0.2) is 4.79 Å². The molecule has 11 nitrogen and oxygen atoms in total. The Bertz CT molecular complexity index is 674. The van der Waals surface area contributed by atoms with E-state index in [1.54, 1.807) is 13.8 Å². The maximum absolute atomic E-state index is 12.9. The van der Waals surface area contributed by atoms with Gasteiger partial charge >= 0.3 is 11.9 Å². The Labute approximate surface area is 193 Å². The van der Waals surface area contributed by atoms with Gasteiger partial charge in [0.15, 0.2) is 0 Å². The van der Waals surface area contributed by atoms with Gasteiger partial charge in [0.2, 0.25) is 17.7 Å². The minimum absolute atomic E-state index is 0.0136. The molecule has 0 heterocycles. The number of amides is 3. The predicted molar refractivity (Wildman–Crippen MR) is 121 cm³/mol. The Morgan fingerprint density at radius 2 is 1.47 bits per heavy atom. The summed E-state index contributed by atoms with van der Waals surface area (Å²) in [6.45, 7) is 7.16. The summed E-state index contributed by atoms with van der Waals surface area (Å²) < 4.78 is 0. The molecule has 3 amide bonds.